The number of nitrogen functional groups attached to an aromatic ring is 1. The minimum atomic E-state index is -1.74. The monoisotopic (exact) mass is 487 g/mol. The van der Waals surface area contributed by atoms with Crippen LogP contribution >= 0.6 is 0 Å². The number of carboxylic acid groups (broad SMARTS) is 2. The average Bonchev–Trinajstić information content (AvgIpc) is 2.80. The van der Waals surface area contributed by atoms with Gasteiger partial charge in [0.2, 0.25) is 11.8 Å². The number of nitrogens with zero attached hydrogens (tertiary/aromatic N) is 4. The molecule has 0 spiro atoms. The van der Waals surface area contributed by atoms with E-state index in [0.29, 0.717) is 5.69 Å². The van der Waals surface area contributed by atoms with Crippen LogP contribution in [0.1, 0.15) is 40.7 Å². The van der Waals surface area contributed by atoms with Gasteiger partial charge >= 0.3 is 17.6 Å². The van der Waals surface area contributed by atoms with E-state index in [0.717, 1.165) is 0 Å². The molecular weight excluding hydrogens is 462 g/mol. The summed E-state index contributed by atoms with van der Waals surface area (Å²) in [7, 11) is 1.58. The second kappa shape index (κ2) is 9.79. The lowest BCUT2D eigenvalue weighted by molar-refractivity contribution is -0.145. The third-order valence-corrected chi connectivity index (χ3v) is 5.76. The molecule has 35 heavy (non-hydrogen) atoms. The molecular formula is C21H25N7O7. The molecule has 186 valence electrons. The van der Waals surface area contributed by atoms with E-state index in [1.807, 2.05) is 0 Å². The van der Waals surface area contributed by atoms with Crippen molar-refractivity contribution in [2.45, 2.75) is 37.9 Å². The Kier molecular flexibility index (Phi) is 7.03. The molecule has 1 aliphatic rings. The molecule has 2 atom stereocenters. The molecule has 2 heterocycles. The lowest BCUT2D eigenvalue weighted by Gasteiger charge is -2.33. The SMILES string of the molecule is CN1C(=O)c2nc(N)nc(=O)n2CC1CNc1ccc(C(=O)N[C@@](C)(CCC(=O)O)C(=O)O)cc1. The number of aromatic nitrogens is 3. The fourth-order valence-corrected chi connectivity index (χ4v) is 3.51. The van der Waals surface area contributed by atoms with E-state index in [2.05, 4.69) is 20.6 Å². The van der Waals surface area contributed by atoms with Crippen molar-refractivity contribution in [3.05, 3.63) is 46.1 Å². The van der Waals surface area contributed by atoms with Crippen molar-refractivity contribution in [1.29, 1.82) is 0 Å². The number of anilines is 2. The molecule has 14 nitrogen and oxygen atoms in total. The maximum Gasteiger partial charge on any atom is 0.352 e. The van der Waals surface area contributed by atoms with Gasteiger partial charge in [-0.2, -0.15) is 9.97 Å². The van der Waals surface area contributed by atoms with Gasteiger partial charge in [0.05, 0.1) is 12.6 Å². The predicted octanol–water partition coefficient (Wildman–Crippen LogP) is -0.775. The molecule has 0 saturated carbocycles. The molecule has 14 heteroatoms. The van der Waals surface area contributed by atoms with Gasteiger partial charge in [0.1, 0.15) is 5.54 Å². The molecule has 0 saturated heterocycles. The topological polar surface area (TPSA) is 210 Å². The number of fused-ring (bicyclic) bond motifs is 1. The lowest BCUT2D eigenvalue weighted by atomic mass is 9.95. The third kappa shape index (κ3) is 5.54. The Morgan fingerprint density at radius 1 is 1.17 bits per heavy atom. The summed E-state index contributed by atoms with van der Waals surface area (Å²) >= 11 is 0. The van der Waals surface area contributed by atoms with Gasteiger partial charge in [0, 0.05) is 31.3 Å². The highest BCUT2D eigenvalue weighted by molar-refractivity contribution is 5.98. The summed E-state index contributed by atoms with van der Waals surface area (Å²) in [4.78, 5) is 68.5. The second-order valence-electron chi connectivity index (χ2n) is 8.31. The first kappa shape index (κ1) is 25.1. The van der Waals surface area contributed by atoms with E-state index in [-0.39, 0.29) is 36.8 Å². The molecule has 0 radical (unpaired) electrons. The van der Waals surface area contributed by atoms with Crippen molar-refractivity contribution < 1.29 is 29.4 Å². The number of nitrogens with two attached hydrogens (primary N) is 1. The normalized spacial score (nSPS) is 16.7. The first-order valence-electron chi connectivity index (χ1n) is 10.5. The number of likely N-dealkylation sites (N-methyl/N-ethyl adjacent to an activating group) is 1. The molecule has 1 aromatic heterocycles. The van der Waals surface area contributed by atoms with Crippen molar-refractivity contribution in [1.82, 2.24) is 24.8 Å². The van der Waals surface area contributed by atoms with Crippen molar-refractivity contribution in [3.8, 4) is 0 Å². The molecule has 6 N–H and O–H groups in total. The van der Waals surface area contributed by atoms with Gasteiger partial charge in [-0.05, 0) is 37.6 Å². The van der Waals surface area contributed by atoms with E-state index >= 15 is 0 Å². The van der Waals surface area contributed by atoms with Crippen molar-refractivity contribution in [3.63, 3.8) is 0 Å². The number of benzene rings is 1. The molecule has 2 aromatic rings. The minimum Gasteiger partial charge on any atom is -0.481 e. The molecule has 1 aromatic carbocycles. The van der Waals surface area contributed by atoms with Gasteiger partial charge in [-0.3, -0.25) is 19.0 Å². The van der Waals surface area contributed by atoms with Crippen molar-refractivity contribution in [2.75, 3.05) is 24.6 Å². The fourth-order valence-electron chi connectivity index (χ4n) is 3.51. The van der Waals surface area contributed by atoms with Crippen LogP contribution in [0.5, 0.6) is 0 Å². The van der Waals surface area contributed by atoms with Crippen LogP contribution in [-0.4, -0.2) is 78.6 Å². The highest BCUT2D eigenvalue weighted by Gasteiger charge is 2.35. The zero-order chi connectivity index (χ0) is 25.9. The van der Waals surface area contributed by atoms with E-state index < -0.39 is 47.4 Å². The Labute approximate surface area is 198 Å². The zero-order valence-corrected chi connectivity index (χ0v) is 19.0. The van der Waals surface area contributed by atoms with Crippen LogP contribution in [0.25, 0.3) is 0 Å². The van der Waals surface area contributed by atoms with E-state index in [1.165, 1.54) is 28.5 Å². The Morgan fingerprint density at radius 3 is 2.43 bits per heavy atom. The Hall–Kier alpha value is -4.49. The molecule has 1 unspecified atom stereocenters. The Morgan fingerprint density at radius 2 is 1.83 bits per heavy atom. The number of carbonyl (C=O) groups is 4. The first-order valence-corrected chi connectivity index (χ1v) is 10.5. The molecule has 0 bridgehead atoms. The van der Waals surface area contributed by atoms with E-state index in [1.54, 1.807) is 19.2 Å². The van der Waals surface area contributed by atoms with Gasteiger partial charge in [-0.25, -0.2) is 9.59 Å². The molecule has 2 amide bonds. The Bertz CT molecular complexity index is 1230. The number of carbonyl (C=O) groups excluding carboxylic acids is 2. The summed E-state index contributed by atoms with van der Waals surface area (Å²) < 4.78 is 1.17. The lowest BCUT2D eigenvalue weighted by Crippen LogP contribution is -2.52. The summed E-state index contributed by atoms with van der Waals surface area (Å²) in [5, 5.41) is 23.8. The second-order valence-corrected chi connectivity index (χ2v) is 8.31. The van der Waals surface area contributed by atoms with Crippen molar-refractivity contribution in [2.24, 2.45) is 0 Å². The molecule has 3 rings (SSSR count). The highest BCUT2D eigenvalue weighted by atomic mass is 16.4. The highest BCUT2D eigenvalue weighted by Crippen LogP contribution is 2.17. The maximum absolute atomic E-state index is 12.6. The average molecular weight is 487 g/mol. The van der Waals surface area contributed by atoms with Crippen LogP contribution in [-0.2, 0) is 16.1 Å². The van der Waals surface area contributed by atoms with Gasteiger partial charge < -0.3 is 31.5 Å². The summed E-state index contributed by atoms with van der Waals surface area (Å²) in [6, 6.07) is 5.75. The van der Waals surface area contributed by atoms with Gasteiger partial charge in [0.15, 0.2) is 0 Å². The van der Waals surface area contributed by atoms with Crippen LogP contribution < -0.4 is 22.1 Å². The number of rotatable bonds is 9. The van der Waals surface area contributed by atoms with Crippen LogP contribution in [0, 0.1) is 0 Å². The predicted molar refractivity (Wildman–Crippen MR) is 122 cm³/mol. The van der Waals surface area contributed by atoms with E-state index in [4.69, 9.17) is 10.8 Å². The minimum absolute atomic E-state index is 0.0756. The third-order valence-electron chi connectivity index (χ3n) is 5.76. The largest absolute Gasteiger partial charge is 0.481 e. The number of hydrogen-bond donors (Lipinski definition) is 5. The Balaban J connectivity index is 1.65. The van der Waals surface area contributed by atoms with Crippen LogP contribution in [0.2, 0.25) is 0 Å². The smallest absolute Gasteiger partial charge is 0.352 e. The van der Waals surface area contributed by atoms with Crippen LogP contribution in [0.3, 0.4) is 0 Å². The maximum atomic E-state index is 12.6. The standard InChI is InChI=1S/C21H25N7O7/c1-21(18(33)34,8-7-14(29)30)26-16(31)11-3-5-12(6-4-11)23-9-13-10-28-15(17(32)27(13)2)24-19(22)25-20(28)35/h3-6,13,23H,7-10H2,1-2H3,(H,26,31)(H,29,30)(H,33,34)(H2,22,25,35)/t13?,21-/m0/s1. The van der Waals surface area contributed by atoms with Gasteiger partial charge in [-0.1, -0.05) is 0 Å². The number of hydrogen-bond acceptors (Lipinski definition) is 9. The number of carboxylic acids is 2. The summed E-state index contributed by atoms with van der Waals surface area (Å²) in [5.74, 6) is -3.99. The van der Waals surface area contributed by atoms with Crippen LogP contribution in [0.4, 0.5) is 11.6 Å². The zero-order valence-electron chi connectivity index (χ0n) is 19.0. The molecule has 0 fully saturated rings. The summed E-state index contributed by atoms with van der Waals surface area (Å²) in [6.45, 7) is 1.68. The van der Waals surface area contributed by atoms with Gasteiger partial charge in [-0.15, -0.1) is 0 Å². The summed E-state index contributed by atoms with van der Waals surface area (Å²) in [6.07, 6.45) is -0.694. The molecule has 1 aliphatic heterocycles. The first-order chi connectivity index (χ1) is 16.4. The molecule has 0 aliphatic carbocycles. The van der Waals surface area contributed by atoms with Gasteiger partial charge in [0.25, 0.3) is 11.8 Å². The summed E-state index contributed by atoms with van der Waals surface area (Å²) in [5.41, 5.74) is 3.86. The van der Waals surface area contributed by atoms with Crippen LogP contribution in [0.15, 0.2) is 29.1 Å². The van der Waals surface area contributed by atoms with Crippen molar-refractivity contribution >= 4 is 35.4 Å². The van der Waals surface area contributed by atoms with E-state index in [9.17, 15) is 29.1 Å². The number of nitrogens with one attached hydrogen (secondary N) is 2. The quantitative estimate of drug-likeness (QED) is 0.296. The fraction of sp³-hybridized carbons (Fsp3) is 0.381. The number of amides is 2. The number of aliphatic carboxylic acids is 2.